The minimum atomic E-state index is -0.648. The maximum absolute atomic E-state index is 11.2. The lowest BCUT2D eigenvalue weighted by Gasteiger charge is -2.08. The molecule has 1 atom stereocenters. The average molecular weight is 303 g/mol. The molecule has 114 valence electrons. The molecule has 1 N–H and O–H groups in total. The second-order valence-electron chi connectivity index (χ2n) is 4.89. The number of ether oxygens (including phenoxy) is 2. The number of methoxy groups -OCH3 is 1. The fraction of sp³-hybridized carbons (Fsp3) is 0.286. The number of nitro groups is 1. The quantitative estimate of drug-likeness (QED) is 0.675. The van der Waals surface area contributed by atoms with Gasteiger partial charge in [-0.25, -0.2) is 0 Å². The van der Waals surface area contributed by atoms with Crippen LogP contribution in [0.3, 0.4) is 0 Å². The van der Waals surface area contributed by atoms with Crippen molar-refractivity contribution in [3.05, 3.63) is 45.8 Å². The van der Waals surface area contributed by atoms with Crippen LogP contribution in [0.5, 0.6) is 17.5 Å². The number of hydrogen-bond donors (Lipinski definition) is 1. The molecule has 0 aliphatic heterocycles. The second-order valence-corrected chi connectivity index (χ2v) is 4.89. The number of aliphatic hydroxyl groups excluding tert-OH is 1. The van der Waals surface area contributed by atoms with Gasteiger partial charge in [-0.1, -0.05) is 6.07 Å². The van der Waals surface area contributed by atoms with E-state index in [0.29, 0.717) is 18.6 Å². The summed E-state index contributed by atoms with van der Waals surface area (Å²) in [7, 11) is 1.29. The third-order valence-corrected chi connectivity index (χ3v) is 3.43. The number of aliphatic hydroxyl groups is 1. The van der Waals surface area contributed by atoms with Gasteiger partial charge in [-0.3, -0.25) is 10.1 Å². The van der Waals surface area contributed by atoms with Crippen molar-refractivity contribution in [3.63, 3.8) is 0 Å². The van der Waals surface area contributed by atoms with Crippen molar-refractivity contribution in [1.82, 2.24) is 9.97 Å². The molecular formula is C14H13N3O5. The molecule has 1 heterocycles. The number of nitrogens with zero attached hydrogens (tertiary/aromatic N) is 3. The Kier molecular flexibility index (Phi) is 3.60. The van der Waals surface area contributed by atoms with Crippen LogP contribution in [0.4, 0.5) is 5.69 Å². The van der Waals surface area contributed by atoms with Crippen LogP contribution in [0, 0.1) is 10.1 Å². The van der Waals surface area contributed by atoms with Gasteiger partial charge in [0.1, 0.15) is 12.1 Å². The number of rotatable bonds is 4. The Balaban J connectivity index is 1.94. The fourth-order valence-electron chi connectivity index (χ4n) is 2.47. The highest BCUT2D eigenvalue weighted by Gasteiger charge is 2.26. The Labute approximate surface area is 125 Å². The Morgan fingerprint density at radius 2 is 2.00 bits per heavy atom. The molecule has 1 aromatic heterocycles. The summed E-state index contributed by atoms with van der Waals surface area (Å²) >= 11 is 0. The topological polar surface area (TPSA) is 108 Å². The van der Waals surface area contributed by atoms with Gasteiger partial charge in [0.15, 0.2) is 0 Å². The van der Waals surface area contributed by atoms with E-state index in [9.17, 15) is 15.2 Å². The van der Waals surface area contributed by atoms with Crippen LogP contribution in [-0.4, -0.2) is 33.2 Å². The number of benzene rings is 1. The highest BCUT2D eigenvalue weighted by Crippen LogP contribution is 2.36. The summed E-state index contributed by atoms with van der Waals surface area (Å²) in [6, 6.07) is 5.28. The van der Waals surface area contributed by atoms with E-state index in [0.717, 1.165) is 17.5 Å². The molecule has 0 saturated carbocycles. The van der Waals surface area contributed by atoms with Gasteiger partial charge in [-0.05, 0) is 36.1 Å². The Bertz CT molecular complexity index is 734. The van der Waals surface area contributed by atoms with Crippen LogP contribution in [0.1, 0.15) is 11.1 Å². The van der Waals surface area contributed by atoms with Crippen LogP contribution in [0.25, 0.3) is 0 Å². The molecule has 0 bridgehead atoms. The molecule has 1 unspecified atom stereocenters. The molecule has 22 heavy (non-hydrogen) atoms. The first-order valence-electron chi connectivity index (χ1n) is 6.59. The predicted octanol–water partition coefficient (Wildman–Crippen LogP) is 1.65. The lowest BCUT2D eigenvalue weighted by molar-refractivity contribution is -0.387. The molecule has 0 fully saturated rings. The van der Waals surface area contributed by atoms with Gasteiger partial charge in [0.05, 0.1) is 18.1 Å². The third kappa shape index (κ3) is 2.56. The summed E-state index contributed by atoms with van der Waals surface area (Å²) in [5, 5.41) is 20.8. The number of aromatic nitrogens is 2. The molecule has 1 aromatic carbocycles. The van der Waals surface area contributed by atoms with Gasteiger partial charge in [0, 0.05) is 0 Å². The average Bonchev–Trinajstić information content (AvgIpc) is 2.86. The van der Waals surface area contributed by atoms with Gasteiger partial charge < -0.3 is 14.6 Å². The van der Waals surface area contributed by atoms with Gasteiger partial charge in [0.2, 0.25) is 0 Å². The predicted molar refractivity (Wildman–Crippen MR) is 75.2 cm³/mol. The maximum Gasteiger partial charge on any atom is 0.392 e. The van der Waals surface area contributed by atoms with Crippen molar-refractivity contribution >= 4 is 5.69 Å². The van der Waals surface area contributed by atoms with Crippen LogP contribution in [0.15, 0.2) is 24.5 Å². The summed E-state index contributed by atoms with van der Waals surface area (Å²) in [4.78, 5) is 18.0. The lowest BCUT2D eigenvalue weighted by atomic mass is 10.1. The zero-order valence-corrected chi connectivity index (χ0v) is 11.7. The van der Waals surface area contributed by atoms with E-state index in [1.165, 1.54) is 7.11 Å². The van der Waals surface area contributed by atoms with Crippen LogP contribution in [-0.2, 0) is 12.8 Å². The van der Waals surface area contributed by atoms with E-state index in [-0.39, 0.29) is 11.8 Å². The van der Waals surface area contributed by atoms with E-state index in [1.807, 2.05) is 6.07 Å². The van der Waals surface area contributed by atoms with Crippen molar-refractivity contribution in [2.75, 3.05) is 7.11 Å². The van der Waals surface area contributed by atoms with Gasteiger partial charge in [-0.15, -0.1) is 0 Å². The lowest BCUT2D eigenvalue weighted by Crippen LogP contribution is -2.03. The molecule has 0 saturated heterocycles. The summed E-state index contributed by atoms with van der Waals surface area (Å²) in [6.07, 6.45) is 1.90. The summed E-state index contributed by atoms with van der Waals surface area (Å²) in [6.45, 7) is 0. The van der Waals surface area contributed by atoms with Crippen LogP contribution >= 0.6 is 0 Å². The van der Waals surface area contributed by atoms with E-state index in [4.69, 9.17) is 9.47 Å². The van der Waals surface area contributed by atoms with E-state index >= 15 is 0 Å². The maximum atomic E-state index is 11.2. The molecule has 3 rings (SSSR count). The Morgan fingerprint density at radius 1 is 1.27 bits per heavy atom. The minimum absolute atomic E-state index is 0.161. The van der Waals surface area contributed by atoms with Crippen LogP contribution < -0.4 is 9.47 Å². The van der Waals surface area contributed by atoms with Gasteiger partial charge in [0.25, 0.3) is 0 Å². The second kappa shape index (κ2) is 5.57. The molecule has 0 spiro atoms. The van der Waals surface area contributed by atoms with Crippen molar-refractivity contribution in [3.8, 4) is 17.5 Å². The standard InChI is InChI=1S/C14H13N3O5/c1-21-13-12(17(19)20)14(16-7-15-13)22-11-3-2-8-4-10(18)5-9(8)6-11/h2-3,6-7,10,18H,4-5H2,1H3. The fourth-order valence-corrected chi connectivity index (χ4v) is 2.47. The molecular weight excluding hydrogens is 290 g/mol. The first-order valence-corrected chi connectivity index (χ1v) is 6.59. The third-order valence-electron chi connectivity index (χ3n) is 3.43. The molecule has 2 aromatic rings. The molecule has 0 amide bonds. The Morgan fingerprint density at radius 3 is 2.73 bits per heavy atom. The molecule has 1 aliphatic rings. The van der Waals surface area contributed by atoms with Crippen molar-refractivity contribution in [2.45, 2.75) is 18.9 Å². The smallest absolute Gasteiger partial charge is 0.392 e. The molecule has 8 nitrogen and oxygen atoms in total. The van der Waals surface area contributed by atoms with Crippen molar-refractivity contribution < 1.29 is 19.5 Å². The van der Waals surface area contributed by atoms with E-state index < -0.39 is 16.7 Å². The van der Waals surface area contributed by atoms with Gasteiger partial charge in [-0.2, -0.15) is 9.97 Å². The Hall–Kier alpha value is -2.74. The summed E-state index contributed by atoms with van der Waals surface area (Å²) in [5.41, 5.74) is 1.59. The molecule has 1 aliphatic carbocycles. The normalized spacial score (nSPS) is 16.2. The summed E-state index contributed by atoms with van der Waals surface area (Å²) < 4.78 is 10.4. The number of fused-ring (bicyclic) bond motifs is 1. The molecule has 0 radical (unpaired) electrons. The van der Waals surface area contributed by atoms with Crippen molar-refractivity contribution in [1.29, 1.82) is 0 Å². The minimum Gasteiger partial charge on any atom is -0.476 e. The zero-order chi connectivity index (χ0) is 15.7. The zero-order valence-electron chi connectivity index (χ0n) is 11.7. The largest absolute Gasteiger partial charge is 0.476 e. The monoisotopic (exact) mass is 303 g/mol. The summed E-state index contributed by atoms with van der Waals surface area (Å²) in [5.74, 6) is 0.0682. The van der Waals surface area contributed by atoms with Gasteiger partial charge >= 0.3 is 17.4 Å². The highest BCUT2D eigenvalue weighted by molar-refractivity contribution is 5.51. The van der Waals surface area contributed by atoms with Crippen LogP contribution in [0.2, 0.25) is 0 Å². The number of hydrogen-bond acceptors (Lipinski definition) is 7. The molecule has 8 heteroatoms. The first kappa shape index (κ1) is 14.2. The highest BCUT2D eigenvalue weighted by atomic mass is 16.6. The van der Waals surface area contributed by atoms with Crippen molar-refractivity contribution in [2.24, 2.45) is 0 Å². The SMILES string of the molecule is COc1ncnc(Oc2ccc3c(c2)CC(O)C3)c1[N+](=O)[O-]. The first-order chi connectivity index (χ1) is 10.6. The van der Waals surface area contributed by atoms with E-state index in [1.54, 1.807) is 12.1 Å². The van der Waals surface area contributed by atoms with E-state index in [2.05, 4.69) is 9.97 Å².